The summed E-state index contributed by atoms with van der Waals surface area (Å²) in [5.41, 5.74) is 3.53. The number of hydrogen-bond donors (Lipinski definition) is 1. The fourth-order valence-corrected chi connectivity index (χ4v) is 1.23. The molecular formula is C12H16O. The van der Waals surface area contributed by atoms with Crippen molar-refractivity contribution in [1.29, 1.82) is 0 Å². The van der Waals surface area contributed by atoms with E-state index in [1.165, 1.54) is 11.1 Å². The second-order valence-corrected chi connectivity index (χ2v) is 3.17. The van der Waals surface area contributed by atoms with Gasteiger partial charge in [-0.3, -0.25) is 0 Å². The van der Waals surface area contributed by atoms with E-state index in [0.717, 1.165) is 12.0 Å². The minimum absolute atomic E-state index is 0.158. The Morgan fingerprint density at radius 2 is 2.08 bits per heavy atom. The van der Waals surface area contributed by atoms with Crippen molar-refractivity contribution in [1.82, 2.24) is 0 Å². The van der Waals surface area contributed by atoms with Gasteiger partial charge in [0.1, 0.15) is 0 Å². The molecule has 0 spiro atoms. The molecule has 0 aliphatic rings. The highest BCUT2D eigenvalue weighted by molar-refractivity contribution is 5.56. The van der Waals surface area contributed by atoms with E-state index >= 15 is 0 Å². The fraction of sp³-hybridized carbons (Fsp3) is 0.333. The molecule has 13 heavy (non-hydrogen) atoms. The first-order valence-electron chi connectivity index (χ1n) is 4.64. The Hall–Kier alpha value is -1.08. The number of aryl methyl sites for hydroxylation is 1. The topological polar surface area (TPSA) is 20.2 Å². The molecular weight excluding hydrogens is 160 g/mol. The smallest absolute Gasteiger partial charge is 0.0644 e. The molecule has 70 valence electrons. The quantitative estimate of drug-likeness (QED) is 0.750. The van der Waals surface area contributed by atoms with Gasteiger partial charge < -0.3 is 5.11 Å². The van der Waals surface area contributed by atoms with Crippen LogP contribution in [0.5, 0.6) is 0 Å². The summed E-state index contributed by atoms with van der Waals surface area (Å²) in [6.45, 7) is 4.29. The van der Waals surface area contributed by atoms with Crippen LogP contribution >= 0.6 is 0 Å². The highest BCUT2D eigenvalue weighted by atomic mass is 16.3. The predicted molar refractivity (Wildman–Crippen MR) is 56.5 cm³/mol. The van der Waals surface area contributed by atoms with E-state index in [2.05, 4.69) is 32.1 Å². The van der Waals surface area contributed by atoms with E-state index in [1.54, 1.807) is 0 Å². The summed E-state index contributed by atoms with van der Waals surface area (Å²) in [6.07, 6.45) is 2.97. The van der Waals surface area contributed by atoms with Crippen molar-refractivity contribution >= 4 is 6.08 Å². The van der Waals surface area contributed by atoms with Crippen molar-refractivity contribution in [3.63, 3.8) is 0 Å². The molecule has 0 bridgehead atoms. The van der Waals surface area contributed by atoms with Crippen LogP contribution in [0.3, 0.4) is 0 Å². The van der Waals surface area contributed by atoms with Gasteiger partial charge in [-0.1, -0.05) is 37.3 Å². The molecule has 0 unspecified atom stereocenters. The second-order valence-electron chi connectivity index (χ2n) is 3.17. The van der Waals surface area contributed by atoms with Crippen molar-refractivity contribution in [2.45, 2.75) is 20.3 Å². The third kappa shape index (κ3) is 2.71. The van der Waals surface area contributed by atoms with Gasteiger partial charge in [-0.2, -0.15) is 0 Å². The summed E-state index contributed by atoms with van der Waals surface area (Å²) in [4.78, 5) is 0. The summed E-state index contributed by atoms with van der Waals surface area (Å²) < 4.78 is 0. The highest BCUT2D eigenvalue weighted by Gasteiger charge is 1.95. The van der Waals surface area contributed by atoms with Crippen LogP contribution in [0.1, 0.15) is 24.5 Å². The lowest BCUT2D eigenvalue weighted by Crippen LogP contribution is -1.89. The summed E-state index contributed by atoms with van der Waals surface area (Å²) in [5, 5.41) is 9.01. The Morgan fingerprint density at radius 1 is 1.38 bits per heavy atom. The predicted octanol–water partition coefficient (Wildman–Crippen LogP) is 2.78. The molecule has 0 saturated carbocycles. The van der Waals surface area contributed by atoms with Crippen LogP contribution in [0, 0.1) is 6.92 Å². The van der Waals surface area contributed by atoms with E-state index < -0.39 is 0 Å². The molecule has 1 aromatic carbocycles. The zero-order valence-corrected chi connectivity index (χ0v) is 8.25. The van der Waals surface area contributed by atoms with Gasteiger partial charge in [-0.05, 0) is 30.0 Å². The highest BCUT2D eigenvalue weighted by Crippen LogP contribution is 2.13. The van der Waals surface area contributed by atoms with E-state index in [0.29, 0.717) is 0 Å². The Bertz CT molecular complexity index is 294. The Labute approximate surface area is 79.7 Å². The monoisotopic (exact) mass is 176 g/mol. The third-order valence-corrected chi connectivity index (χ3v) is 2.21. The maximum atomic E-state index is 9.01. The lowest BCUT2D eigenvalue weighted by molar-refractivity contribution is 0.329. The van der Waals surface area contributed by atoms with Crippen molar-refractivity contribution in [3.8, 4) is 0 Å². The average molecular weight is 176 g/mol. The van der Waals surface area contributed by atoms with Gasteiger partial charge in [-0.15, -0.1) is 0 Å². The van der Waals surface area contributed by atoms with Crippen LogP contribution in [-0.2, 0) is 0 Å². The van der Waals surface area contributed by atoms with E-state index in [4.69, 9.17) is 5.11 Å². The lowest BCUT2D eigenvalue weighted by atomic mass is 10.1. The van der Waals surface area contributed by atoms with Crippen LogP contribution in [-0.4, -0.2) is 11.7 Å². The van der Waals surface area contributed by atoms with Crippen molar-refractivity contribution in [3.05, 3.63) is 41.0 Å². The number of rotatable bonds is 3. The molecule has 0 aliphatic heterocycles. The summed E-state index contributed by atoms with van der Waals surface area (Å²) in [5.74, 6) is 0. The fourth-order valence-electron chi connectivity index (χ4n) is 1.23. The van der Waals surface area contributed by atoms with Gasteiger partial charge in [0, 0.05) is 0 Å². The Kier molecular flexibility index (Phi) is 3.71. The Balaban J connectivity index is 2.95. The number of hydrogen-bond acceptors (Lipinski definition) is 1. The first-order valence-corrected chi connectivity index (χ1v) is 4.64. The number of aliphatic hydroxyl groups excluding tert-OH is 1. The largest absolute Gasteiger partial charge is 0.392 e. The van der Waals surface area contributed by atoms with Crippen LogP contribution in [0.2, 0.25) is 0 Å². The molecule has 0 heterocycles. The molecule has 0 fully saturated rings. The van der Waals surface area contributed by atoms with Crippen molar-refractivity contribution in [2.75, 3.05) is 6.61 Å². The van der Waals surface area contributed by atoms with E-state index in [1.807, 2.05) is 12.1 Å². The molecule has 0 saturated heterocycles. The molecule has 1 nitrogen and oxygen atoms in total. The van der Waals surface area contributed by atoms with Gasteiger partial charge in [0.2, 0.25) is 0 Å². The molecule has 0 atom stereocenters. The van der Waals surface area contributed by atoms with E-state index in [9.17, 15) is 0 Å². The summed E-state index contributed by atoms with van der Waals surface area (Å²) >= 11 is 0. The van der Waals surface area contributed by atoms with Crippen LogP contribution in [0.25, 0.3) is 6.08 Å². The molecule has 1 rings (SSSR count). The van der Waals surface area contributed by atoms with E-state index in [-0.39, 0.29) is 6.61 Å². The molecule has 1 N–H and O–H groups in total. The number of benzene rings is 1. The maximum absolute atomic E-state index is 9.01. The molecule has 0 aromatic heterocycles. The molecule has 0 radical (unpaired) electrons. The number of aliphatic hydroxyl groups is 1. The third-order valence-electron chi connectivity index (χ3n) is 2.21. The molecule has 0 amide bonds. The Morgan fingerprint density at radius 3 is 2.62 bits per heavy atom. The van der Waals surface area contributed by atoms with Gasteiger partial charge in [0.15, 0.2) is 0 Å². The minimum Gasteiger partial charge on any atom is -0.392 e. The van der Waals surface area contributed by atoms with Crippen LogP contribution in [0.4, 0.5) is 0 Å². The lowest BCUT2D eigenvalue weighted by Gasteiger charge is -2.02. The summed E-state index contributed by atoms with van der Waals surface area (Å²) in [7, 11) is 0. The SMILES string of the molecule is CCC(=Cc1ccccc1C)CO. The van der Waals surface area contributed by atoms with Gasteiger partial charge in [0.25, 0.3) is 0 Å². The van der Waals surface area contributed by atoms with Gasteiger partial charge in [0.05, 0.1) is 6.61 Å². The normalized spacial score (nSPS) is 11.8. The maximum Gasteiger partial charge on any atom is 0.0644 e. The summed E-state index contributed by atoms with van der Waals surface area (Å²) in [6, 6.07) is 8.19. The van der Waals surface area contributed by atoms with Gasteiger partial charge >= 0.3 is 0 Å². The standard InChI is InChI=1S/C12H16O/c1-3-11(9-13)8-12-7-5-4-6-10(12)2/h4-8,13H,3,9H2,1-2H3. The molecule has 0 aliphatic carbocycles. The van der Waals surface area contributed by atoms with Gasteiger partial charge in [-0.25, -0.2) is 0 Å². The van der Waals surface area contributed by atoms with Crippen LogP contribution < -0.4 is 0 Å². The van der Waals surface area contributed by atoms with Crippen molar-refractivity contribution in [2.24, 2.45) is 0 Å². The molecule has 1 heteroatoms. The average Bonchev–Trinajstić information content (AvgIpc) is 2.17. The molecule has 1 aromatic rings. The zero-order valence-electron chi connectivity index (χ0n) is 8.25. The van der Waals surface area contributed by atoms with Crippen molar-refractivity contribution < 1.29 is 5.11 Å². The second kappa shape index (κ2) is 4.83. The van der Waals surface area contributed by atoms with Crippen LogP contribution in [0.15, 0.2) is 29.8 Å². The zero-order chi connectivity index (χ0) is 9.68. The minimum atomic E-state index is 0.158. The first-order chi connectivity index (χ1) is 6.27. The first kappa shape index (κ1) is 10.0.